The van der Waals surface area contributed by atoms with Gasteiger partial charge in [0.25, 0.3) is 0 Å². The monoisotopic (exact) mass is 228 g/mol. The fraction of sp³-hybridized carbons (Fsp3) is 0.875. The fourth-order valence-corrected chi connectivity index (χ4v) is 1.20. The first-order valence-corrected chi connectivity index (χ1v) is 6.21. The fourth-order valence-electron chi connectivity index (χ4n) is 0.654. The highest BCUT2D eigenvalue weighted by molar-refractivity contribution is 6.58. The Morgan fingerprint density at radius 3 is 2.14 bits per heavy atom. The van der Waals surface area contributed by atoms with Gasteiger partial charge in [-0.25, -0.2) is 12.3 Å². The van der Waals surface area contributed by atoms with Gasteiger partial charge in [0.15, 0.2) is 0 Å². The summed E-state index contributed by atoms with van der Waals surface area (Å²) in [6.07, 6.45) is -0.114. The molecule has 0 radical (unpaired) electrons. The molecule has 0 aliphatic rings. The lowest BCUT2D eigenvalue weighted by atomic mass is 9.97. The van der Waals surface area contributed by atoms with Crippen LogP contribution in [0.1, 0.15) is 27.2 Å². The number of rotatable bonds is 4. The first-order valence-electron chi connectivity index (χ1n) is 4.37. The molecule has 0 aromatic carbocycles. The standard InChI is InChI=1S/C8H15F3O2Si/c1-8(2,3)7(12)13-5-4-6-14(9,10)11/h4-6H2,1-3H3. The molecule has 0 saturated carbocycles. The Balaban J connectivity index is 3.62. The van der Waals surface area contributed by atoms with Crippen LogP contribution in [0.3, 0.4) is 0 Å². The molecule has 0 aromatic rings. The number of esters is 1. The van der Waals surface area contributed by atoms with E-state index in [9.17, 15) is 17.1 Å². The molecule has 0 rings (SSSR count). The lowest BCUT2D eigenvalue weighted by Crippen LogP contribution is -2.24. The van der Waals surface area contributed by atoms with Crippen molar-refractivity contribution >= 4 is 15.0 Å². The molecule has 6 heteroatoms. The quantitative estimate of drug-likeness (QED) is 0.320. The van der Waals surface area contributed by atoms with Gasteiger partial charge in [-0.05, 0) is 27.2 Å². The van der Waals surface area contributed by atoms with E-state index in [4.69, 9.17) is 0 Å². The van der Waals surface area contributed by atoms with Gasteiger partial charge in [0.1, 0.15) is 0 Å². The van der Waals surface area contributed by atoms with Crippen LogP contribution in [0.2, 0.25) is 6.04 Å². The van der Waals surface area contributed by atoms with E-state index in [0.717, 1.165) is 0 Å². The van der Waals surface area contributed by atoms with Crippen molar-refractivity contribution in [1.29, 1.82) is 0 Å². The van der Waals surface area contributed by atoms with Crippen molar-refractivity contribution in [3.8, 4) is 0 Å². The predicted molar refractivity (Wildman–Crippen MR) is 48.9 cm³/mol. The van der Waals surface area contributed by atoms with E-state index in [1.807, 2.05) is 0 Å². The Bertz CT molecular complexity index is 196. The average molecular weight is 228 g/mol. The van der Waals surface area contributed by atoms with E-state index < -0.39 is 26.5 Å². The van der Waals surface area contributed by atoms with Gasteiger partial charge in [0, 0.05) is 6.04 Å². The number of ether oxygens (including phenoxy) is 1. The van der Waals surface area contributed by atoms with Gasteiger partial charge < -0.3 is 4.74 Å². The van der Waals surface area contributed by atoms with E-state index in [-0.39, 0.29) is 13.0 Å². The molecule has 0 bridgehead atoms. The largest absolute Gasteiger partial charge is 0.616 e. The summed E-state index contributed by atoms with van der Waals surface area (Å²) in [6.45, 7) is 4.85. The van der Waals surface area contributed by atoms with Crippen molar-refractivity contribution in [3.05, 3.63) is 0 Å². The Hall–Kier alpha value is -0.523. The van der Waals surface area contributed by atoms with E-state index in [1.54, 1.807) is 20.8 Å². The predicted octanol–water partition coefficient (Wildman–Crippen LogP) is 2.81. The zero-order valence-electron chi connectivity index (χ0n) is 8.57. The summed E-state index contributed by atoms with van der Waals surface area (Å²) in [4.78, 5) is 11.1. The molecule has 0 heterocycles. The third-order valence-corrected chi connectivity index (χ3v) is 2.37. The molecule has 0 saturated heterocycles. The summed E-state index contributed by atoms with van der Waals surface area (Å²) in [6, 6.07) is -0.773. The number of hydrogen-bond donors (Lipinski definition) is 0. The van der Waals surface area contributed by atoms with Crippen molar-refractivity contribution < 1.29 is 21.9 Å². The highest BCUT2D eigenvalue weighted by Crippen LogP contribution is 2.18. The maximum atomic E-state index is 11.8. The summed E-state index contributed by atoms with van der Waals surface area (Å²) in [5.74, 6) is -0.457. The molecule has 0 amide bonds. The highest BCUT2D eigenvalue weighted by atomic mass is 28.5. The van der Waals surface area contributed by atoms with Crippen molar-refractivity contribution in [2.75, 3.05) is 6.61 Å². The average Bonchev–Trinajstić information content (AvgIpc) is 1.93. The topological polar surface area (TPSA) is 26.3 Å². The SMILES string of the molecule is CC(C)(C)C(=O)OCCC[Si](F)(F)F. The summed E-state index contributed by atoms with van der Waals surface area (Å²) < 4.78 is 40.1. The van der Waals surface area contributed by atoms with Crippen molar-refractivity contribution in [2.45, 2.75) is 33.2 Å². The molecule has 84 valence electrons. The molecule has 0 fully saturated rings. The molecule has 0 aliphatic carbocycles. The van der Waals surface area contributed by atoms with Crippen LogP contribution >= 0.6 is 0 Å². The maximum absolute atomic E-state index is 11.8. The zero-order chi connectivity index (χ0) is 11.4. The lowest BCUT2D eigenvalue weighted by Gasteiger charge is -2.16. The summed E-state index contributed by atoms with van der Waals surface area (Å²) >= 11 is 0. The van der Waals surface area contributed by atoms with Crippen molar-refractivity contribution in [1.82, 2.24) is 0 Å². The molecule has 0 spiro atoms. The summed E-state index contributed by atoms with van der Waals surface area (Å²) in [5, 5.41) is 0. The van der Waals surface area contributed by atoms with E-state index in [1.165, 1.54) is 0 Å². The van der Waals surface area contributed by atoms with E-state index in [0.29, 0.717) is 0 Å². The van der Waals surface area contributed by atoms with Crippen LogP contribution < -0.4 is 0 Å². The molecule has 0 unspecified atom stereocenters. The highest BCUT2D eigenvalue weighted by Gasteiger charge is 2.35. The third kappa shape index (κ3) is 6.94. The van der Waals surface area contributed by atoms with E-state index >= 15 is 0 Å². The molecule has 0 aromatic heterocycles. The second kappa shape index (κ2) is 4.81. The first kappa shape index (κ1) is 13.5. The molecule has 0 atom stereocenters. The van der Waals surface area contributed by atoms with Crippen molar-refractivity contribution in [2.24, 2.45) is 5.41 Å². The molecule has 0 N–H and O–H groups in total. The first-order chi connectivity index (χ1) is 6.13. The molecular formula is C8H15F3O2Si. The maximum Gasteiger partial charge on any atom is 0.616 e. The third-order valence-electron chi connectivity index (χ3n) is 1.45. The van der Waals surface area contributed by atoms with Gasteiger partial charge in [0.05, 0.1) is 12.0 Å². The molecular weight excluding hydrogens is 213 g/mol. The molecule has 14 heavy (non-hydrogen) atoms. The number of carbonyl (C=O) groups excluding carboxylic acids is 1. The van der Waals surface area contributed by atoms with Crippen molar-refractivity contribution in [3.63, 3.8) is 0 Å². The Kier molecular flexibility index (Phi) is 4.63. The smallest absolute Gasteiger partial charge is 0.465 e. The Labute approximate surface area is 83.0 Å². The van der Waals surface area contributed by atoms with Crippen LogP contribution in [0.5, 0.6) is 0 Å². The minimum absolute atomic E-state index is 0.114. The minimum Gasteiger partial charge on any atom is -0.465 e. The van der Waals surface area contributed by atoms with Crippen LogP contribution in [0.15, 0.2) is 0 Å². The normalized spacial score (nSPS) is 12.7. The van der Waals surface area contributed by atoms with Gasteiger partial charge in [-0.1, -0.05) is 0 Å². The van der Waals surface area contributed by atoms with Gasteiger partial charge >= 0.3 is 15.0 Å². The Morgan fingerprint density at radius 2 is 1.79 bits per heavy atom. The van der Waals surface area contributed by atoms with Crippen LogP contribution in [-0.4, -0.2) is 21.7 Å². The minimum atomic E-state index is -5.47. The van der Waals surface area contributed by atoms with Gasteiger partial charge in [-0.2, -0.15) is 0 Å². The molecule has 0 aliphatic heterocycles. The number of halogens is 3. The summed E-state index contributed by atoms with van der Waals surface area (Å²) in [5.41, 5.74) is -0.643. The van der Waals surface area contributed by atoms with Crippen LogP contribution in [-0.2, 0) is 9.53 Å². The van der Waals surface area contributed by atoms with Gasteiger partial charge in [-0.15, -0.1) is 0 Å². The zero-order valence-corrected chi connectivity index (χ0v) is 9.57. The van der Waals surface area contributed by atoms with Gasteiger partial charge in [0.2, 0.25) is 0 Å². The Morgan fingerprint density at radius 1 is 1.29 bits per heavy atom. The van der Waals surface area contributed by atoms with Crippen LogP contribution in [0.4, 0.5) is 12.3 Å². The summed E-state index contributed by atoms with van der Waals surface area (Å²) in [7, 11) is -5.47. The van der Waals surface area contributed by atoms with Crippen LogP contribution in [0, 0.1) is 5.41 Å². The number of carbonyl (C=O) groups is 1. The van der Waals surface area contributed by atoms with Crippen LogP contribution in [0.25, 0.3) is 0 Å². The van der Waals surface area contributed by atoms with E-state index in [2.05, 4.69) is 4.74 Å². The number of hydrogen-bond acceptors (Lipinski definition) is 2. The van der Waals surface area contributed by atoms with Gasteiger partial charge in [-0.3, -0.25) is 4.79 Å². The lowest BCUT2D eigenvalue weighted by molar-refractivity contribution is -0.152. The second-order valence-corrected chi connectivity index (χ2v) is 5.84. The second-order valence-electron chi connectivity index (χ2n) is 4.10. The molecule has 2 nitrogen and oxygen atoms in total.